The number of halogens is 1. The summed E-state index contributed by atoms with van der Waals surface area (Å²) in [5, 5.41) is 9.71. The van der Waals surface area contributed by atoms with E-state index in [0.29, 0.717) is 22.7 Å². The number of aliphatic hydroxyl groups excluding tert-OH is 1. The summed E-state index contributed by atoms with van der Waals surface area (Å²) in [5.41, 5.74) is 1.14. The molecule has 1 aliphatic rings. The van der Waals surface area contributed by atoms with Gasteiger partial charge in [0.1, 0.15) is 0 Å². The van der Waals surface area contributed by atoms with Crippen LogP contribution in [-0.2, 0) is 16.6 Å². The van der Waals surface area contributed by atoms with Gasteiger partial charge in [0.15, 0.2) is 0 Å². The molecule has 1 atom stereocenters. The van der Waals surface area contributed by atoms with Crippen molar-refractivity contribution in [2.75, 3.05) is 6.54 Å². The van der Waals surface area contributed by atoms with Crippen LogP contribution in [0.15, 0.2) is 17.0 Å². The van der Waals surface area contributed by atoms with Crippen LogP contribution < -0.4 is 0 Å². The molecule has 118 valence electrons. The standard InChI is InChI=1S/C15H22ClNO3S/c1-10(2)14-5-4-6-17(14)21(19,20)15-8-13(16)7-12(9-18)11(15)3/h7-8,10,14,18H,4-6,9H2,1-3H3. The third-order valence-electron chi connectivity index (χ3n) is 4.21. The Morgan fingerprint density at radius 2 is 2.10 bits per heavy atom. The first kappa shape index (κ1) is 16.7. The Hall–Kier alpha value is -0.620. The SMILES string of the molecule is Cc1c(CO)cc(Cl)cc1S(=O)(=O)N1CCCC1C(C)C. The molecule has 1 unspecified atom stereocenters. The summed E-state index contributed by atoms with van der Waals surface area (Å²) in [6, 6.07) is 3.13. The molecule has 0 aliphatic carbocycles. The van der Waals surface area contributed by atoms with E-state index in [1.165, 1.54) is 6.07 Å². The summed E-state index contributed by atoms with van der Waals surface area (Å²) in [4.78, 5) is 0.214. The minimum Gasteiger partial charge on any atom is -0.392 e. The average molecular weight is 332 g/mol. The van der Waals surface area contributed by atoms with Crippen LogP contribution in [0.25, 0.3) is 0 Å². The van der Waals surface area contributed by atoms with Gasteiger partial charge in [-0.2, -0.15) is 4.31 Å². The lowest BCUT2D eigenvalue weighted by atomic mass is 10.0. The molecule has 0 radical (unpaired) electrons. The molecule has 0 saturated carbocycles. The van der Waals surface area contributed by atoms with Crippen molar-refractivity contribution in [2.24, 2.45) is 5.92 Å². The van der Waals surface area contributed by atoms with E-state index in [0.717, 1.165) is 12.8 Å². The van der Waals surface area contributed by atoms with Crippen LogP contribution in [0.4, 0.5) is 0 Å². The van der Waals surface area contributed by atoms with Gasteiger partial charge in [-0.05, 0) is 48.9 Å². The van der Waals surface area contributed by atoms with Gasteiger partial charge in [-0.3, -0.25) is 0 Å². The second kappa shape index (κ2) is 6.24. The highest BCUT2D eigenvalue weighted by Gasteiger charge is 2.37. The van der Waals surface area contributed by atoms with Crippen LogP contribution in [0.5, 0.6) is 0 Å². The summed E-state index contributed by atoms with van der Waals surface area (Å²) in [6.45, 7) is 6.13. The Morgan fingerprint density at radius 1 is 1.43 bits per heavy atom. The Bertz CT molecular complexity index is 628. The molecule has 1 aliphatic heterocycles. The summed E-state index contributed by atoms with van der Waals surface area (Å²) in [6.07, 6.45) is 1.78. The molecule has 0 aromatic heterocycles. The Morgan fingerprint density at radius 3 is 2.67 bits per heavy atom. The molecular weight excluding hydrogens is 310 g/mol. The number of hydrogen-bond donors (Lipinski definition) is 1. The van der Waals surface area contributed by atoms with Crippen molar-refractivity contribution in [1.82, 2.24) is 4.31 Å². The Kier molecular flexibility index (Phi) is 4.98. The van der Waals surface area contributed by atoms with Gasteiger partial charge in [0, 0.05) is 17.6 Å². The van der Waals surface area contributed by atoms with Gasteiger partial charge in [0.2, 0.25) is 10.0 Å². The molecule has 2 rings (SSSR count). The number of sulfonamides is 1. The molecule has 1 heterocycles. The maximum Gasteiger partial charge on any atom is 0.243 e. The number of hydrogen-bond acceptors (Lipinski definition) is 3. The second-order valence-corrected chi connectivity index (χ2v) is 8.21. The molecule has 1 aromatic rings. The average Bonchev–Trinajstić information content (AvgIpc) is 2.91. The minimum absolute atomic E-state index is 0.0333. The van der Waals surface area contributed by atoms with Crippen molar-refractivity contribution in [3.8, 4) is 0 Å². The number of rotatable bonds is 4. The van der Waals surface area contributed by atoms with Crippen LogP contribution >= 0.6 is 11.6 Å². The Balaban J connectivity index is 2.52. The highest BCUT2D eigenvalue weighted by atomic mass is 35.5. The van der Waals surface area contributed by atoms with Crippen molar-refractivity contribution in [3.05, 3.63) is 28.3 Å². The highest BCUT2D eigenvalue weighted by molar-refractivity contribution is 7.89. The zero-order valence-electron chi connectivity index (χ0n) is 12.6. The maximum absolute atomic E-state index is 13.0. The van der Waals surface area contributed by atoms with Crippen molar-refractivity contribution in [1.29, 1.82) is 0 Å². The van der Waals surface area contributed by atoms with Crippen LogP contribution in [0.1, 0.15) is 37.8 Å². The van der Waals surface area contributed by atoms with Gasteiger partial charge >= 0.3 is 0 Å². The van der Waals surface area contributed by atoms with Crippen LogP contribution in [-0.4, -0.2) is 30.4 Å². The maximum atomic E-state index is 13.0. The van der Waals surface area contributed by atoms with E-state index < -0.39 is 10.0 Å². The molecule has 0 bridgehead atoms. The molecule has 1 N–H and O–H groups in total. The molecule has 6 heteroatoms. The first-order chi connectivity index (χ1) is 9.78. The quantitative estimate of drug-likeness (QED) is 0.922. The summed E-state index contributed by atoms with van der Waals surface area (Å²) in [5.74, 6) is 0.277. The van der Waals surface area contributed by atoms with E-state index >= 15 is 0 Å². The van der Waals surface area contributed by atoms with Crippen LogP contribution in [0.2, 0.25) is 5.02 Å². The van der Waals surface area contributed by atoms with Gasteiger partial charge < -0.3 is 5.11 Å². The van der Waals surface area contributed by atoms with Gasteiger partial charge in [0.25, 0.3) is 0 Å². The van der Waals surface area contributed by atoms with E-state index in [4.69, 9.17) is 11.6 Å². The van der Waals surface area contributed by atoms with E-state index in [-0.39, 0.29) is 23.5 Å². The fourth-order valence-corrected chi connectivity index (χ4v) is 5.42. The summed E-state index contributed by atoms with van der Waals surface area (Å²) in [7, 11) is -3.58. The monoisotopic (exact) mass is 331 g/mol. The largest absolute Gasteiger partial charge is 0.392 e. The van der Waals surface area contributed by atoms with Crippen LogP contribution in [0.3, 0.4) is 0 Å². The highest BCUT2D eigenvalue weighted by Crippen LogP contribution is 2.33. The molecule has 1 fully saturated rings. The topological polar surface area (TPSA) is 57.6 Å². The zero-order chi connectivity index (χ0) is 15.8. The van der Waals surface area contributed by atoms with Gasteiger partial charge in [-0.25, -0.2) is 8.42 Å². The fourth-order valence-electron chi connectivity index (χ4n) is 3.00. The molecule has 0 spiro atoms. The second-order valence-electron chi connectivity index (χ2n) is 5.92. The third-order valence-corrected chi connectivity index (χ3v) is 6.48. The Labute approximate surface area is 131 Å². The molecule has 4 nitrogen and oxygen atoms in total. The van der Waals surface area contributed by atoms with E-state index in [1.54, 1.807) is 17.3 Å². The summed E-state index contributed by atoms with van der Waals surface area (Å²) >= 11 is 6.02. The molecule has 21 heavy (non-hydrogen) atoms. The van der Waals surface area contributed by atoms with Crippen molar-refractivity contribution < 1.29 is 13.5 Å². The van der Waals surface area contributed by atoms with Gasteiger partial charge in [-0.1, -0.05) is 25.4 Å². The zero-order valence-corrected chi connectivity index (χ0v) is 14.2. The number of benzene rings is 1. The smallest absolute Gasteiger partial charge is 0.243 e. The van der Waals surface area contributed by atoms with Crippen molar-refractivity contribution >= 4 is 21.6 Å². The van der Waals surface area contributed by atoms with Gasteiger partial charge in [0.05, 0.1) is 11.5 Å². The molecule has 1 saturated heterocycles. The number of aliphatic hydroxyl groups is 1. The van der Waals surface area contributed by atoms with Crippen molar-refractivity contribution in [2.45, 2.75) is 51.2 Å². The molecular formula is C15H22ClNO3S. The predicted molar refractivity (Wildman–Crippen MR) is 83.9 cm³/mol. The summed E-state index contributed by atoms with van der Waals surface area (Å²) < 4.78 is 27.5. The lowest BCUT2D eigenvalue weighted by Gasteiger charge is -2.28. The number of nitrogens with zero attached hydrogens (tertiary/aromatic N) is 1. The van der Waals surface area contributed by atoms with Gasteiger partial charge in [-0.15, -0.1) is 0 Å². The van der Waals surface area contributed by atoms with E-state index in [2.05, 4.69) is 0 Å². The first-order valence-electron chi connectivity index (χ1n) is 7.20. The van der Waals surface area contributed by atoms with Crippen LogP contribution in [0, 0.1) is 12.8 Å². The molecule has 1 aromatic carbocycles. The normalized spacial score (nSPS) is 20.4. The molecule has 0 amide bonds. The lowest BCUT2D eigenvalue weighted by molar-refractivity contribution is 0.280. The third kappa shape index (κ3) is 3.11. The van der Waals surface area contributed by atoms with Crippen molar-refractivity contribution in [3.63, 3.8) is 0 Å². The fraction of sp³-hybridized carbons (Fsp3) is 0.600. The predicted octanol–water partition coefficient (Wildman–Crippen LogP) is 2.95. The first-order valence-corrected chi connectivity index (χ1v) is 9.02. The van der Waals surface area contributed by atoms with E-state index in [1.807, 2.05) is 13.8 Å². The lowest BCUT2D eigenvalue weighted by Crippen LogP contribution is -2.38. The minimum atomic E-state index is -3.58. The van der Waals surface area contributed by atoms with E-state index in [9.17, 15) is 13.5 Å².